The molecule has 0 aliphatic rings. The first-order chi connectivity index (χ1) is 9.68. The summed E-state index contributed by atoms with van der Waals surface area (Å²) in [5.74, 6) is 0.0361. The zero-order valence-electron chi connectivity index (χ0n) is 12.0. The number of ketones is 1. The number of hydrogen-bond acceptors (Lipinski definition) is 3. The Labute approximate surface area is 120 Å². The standard InChI is InChI=1S/C17H20N2O/c1-19(2)12-10-16(15-9-6-11-18-13-15)17(20)14-7-4-3-5-8-14/h3-9,11,13,16H,10,12H2,1-2H3/t16-/m1/s1. The van der Waals surface area contributed by atoms with Crippen LogP contribution in [0.15, 0.2) is 54.9 Å². The van der Waals surface area contributed by atoms with Crippen LogP contribution in [-0.2, 0) is 0 Å². The number of benzene rings is 1. The highest BCUT2D eigenvalue weighted by molar-refractivity contribution is 6.00. The lowest BCUT2D eigenvalue weighted by atomic mass is 9.89. The number of carbonyl (C=O) groups excluding carboxylic acids is 1. The van der Waals surface area contributed by atoms with Crippen LogP contribution >= 0.6 is 0 Å². The van der Waals surface area contributed by atoms with Gasteiger partial charge in [0.25, 0.3) is 0 Å². The number of carbonyl (C=O) groups is 1. The summed E-state index contributed by atoms with van der Waals surface area (Å²) in [6.45, 7) is 0.873. The zero-order chi connectivity index (χ0) is 14.4. The van der Waals surface area contributed by atoms with Crippen molar-refractivity contribution in [2.45, 2.75) is 12.3 Å². The summed E-state index contributed by atoms with van der Waals surface area (Å²) in [4.78, 5) is 19.0. The molecule has 20 heavy (non-hydrogen) atoms. The lowest BCUT2D eigenvalue weighted by molar-refractivity contribution is 0.0951. The molecule has 0 amide bonds. The van der Waals surface area contributed by atoms with E-state index in [0.29, 0.717) is 0 Å². The van der Waals surface area contributed by atoms with Crippen molar-refractivity contribution in [1.29, 1.82) is 0 Å². The van der Waals surface area contributed by atoms with Crippen molar-refractivity contribution in [3.63, 3.8) is 0 Å². The second-order valence-electron chi connectivity index (χ2n) is 5.16. The molecular formula is C17H20N2O. The predicted octanol–water partition coefficient (Wildman–Crippen LogP) is 3.00. The van der Waals surface area contributed by atoms with E-state index in [9.17, 15) is 4.79 Å². The van der Waals surface area contributed by atoms with E-state index in [2.05, 4.69) is 9.88 Å². The fourth-order valence-electron chi connectivity index (χ4n) is 2.22. The second kappa shape index (κ2) is 6.96. The van der Waals surface area contributed by atoms with Gasteiger partial charge in [-0.15, -0.1) is 0 Å². The average Bonchev–Trinajstić information content (AvgIpc) is 2.49. The molecular weight excluding hydrogens is 248 g/mol. The number of hydrogen-bond donors (Lipinski definition) is 0. The summed E-state index contributed by atoms with van der Waals surface area (Å²) in [5, 5.41) is 0. The fraction of sp³-hybridized carbons (Fsp3) is 0.294. The Morgan fingerprint density at radius 3 is 2.50 bits per heavy atom. The zero-order valence-corrected chi connectivity index (χ0v) is 12.0. The number of aromatic nitrogens is 1. The molecule has 0 aliphatic carbocycles. The SMILES string of the molecule is CN(C)CC[C@@H](C(=O)c1ccccc1)c1cccnc1. The molecule has 2 rings (SSSR count). The number of nitrogens with zero attached hydrogens (tertiary/aromatic N) is 2. The first kappa shape index (κ1) is 14.4. The maximum absolute atomic E-state index is 12.7. The van der Waals surface area contributed by atoms with Crippen LogP contribution in [0.5, 0.6) is 0 Å². The molecule has 3 heteroatoms. The summed E-state index contributed by atoms with van der Waals surface area (Å²) in [5.41, 5.74) is 1.75. The van der Waals surface area contributed by atoms with Crippen LogP contribution in [-0.4, -0.2) is 36.3 Å². The highest BCUT2D eigenvalue weighted by Gasteiger charge is 2.22. The summed E-state index contributed by atoms with van der Waals surface area (Å²) < 4.78 is 0. The molecule has 1 heterocycles. The first-order valence-electron chi connectivity index (χ1n) is 6.82. The van der Waals surface area contributed by atoms with E-state index in [0.717, 1.165) is 24.1 Å². The topological polar surface area (TPSA) is 33.2 Å². The van der Waals surface area contributed by atoms with Crippen LogP contribution in [0.3, 0.4) is 0 Å². The van der Waals surface area contributed by atoms with Gasteiger partial charge in [-0.25, -0.2) is 0 Å². The van der Waals surface area contributed by atoms with Crippen LogP contribution in [0.25, 0.3) is 0 Å². The smallest absolute Gasteiger partial charge is 0.170 e. The third-order valence-corrected chi connectivity index (χ3v) is 3.33. The van der Waals surface area contributed by atoms with Crippen molar-refractivity contribution >= 4 is 5.78 Å². The van der Waals surface area contributed by atoms with Gasteiger partial charge in [0.1, 0.15) is 0 Å². The van der Waals surface area contributed by atoms with Gasteiger partial charge in [0.05, 0.1) is 5.92 Å². The van der Waals surface area contributed by atoms with Crippen LogP contribution in [0.4, 0.5) is 0 Å². The molecule has 0 saturated carbocycles. The maximum atomic E-state index is 12.7. The van der Waals surface area contributed by atoms with Gasteiger partial charge in [-0.05, 0) is 38.7 Å². The van der Waals surface area contributed by atoms with Gasteiger partial charge in [0.15, 0.2) is 5.78 Å². The van der Waals surface area contributed by atoms with Crippen molar-refractivity contribution in [2.24, 2.45) is 0 Å². The normalized spacial score (nSPS) is 12.3. The van der Waals surface area contributed by atoms with Crippen LogP contribution in [0.2, 0.25) is 0 Å². The van der Waals surface area contributed by atoms with Crippen molar-refractivity contribution in [1.82, 2.24) is 9.88 Å². The van der Waals surface area contributed by atoms with E-state index >= 15 is 0 Å². The van der Waals surface area contributed by atoms with Gasteiger partial charge in [-0.2, -0.15) is 0 Å². The highest BCUT2D eigenvalue weighted by Crippen LogP contribution is 2.24. The summed E-state index contributed by atoms with van der Waals surface area (Å²) in [7, 11) is 4.04. The quantitative estimate of drug-likeness (QED) is 0.755. The maximum Gasteiger partial charge on any atom is 0.170 e. The molecule has 1 atom stereocenters. The minimum absolute atomic E-state index is 0.131. The van der Waals surface area contributed by atoms with Crippen LogP contribution < -0.4 is 0 Å². The molecule has 0 spiro atoms. The van der Waals surface area contributed by atoms with Gasteiger partial charge in [-0.3, -0.25) is 9.78 Å². The monoisotopic (exact) mass is 268 g/mol. The molecule has 3 nitrogen and oxygen atoms in total. The first-order valence-corrected chi connectivity index (χ1v) is 6.82. The lowest BCUT2D eigenvalue weighted by Gasteiger charge is -2.18. The Hall–Kier alpha value is -2.00. The predicted molar refractivity (Wildman–Crippen MR) is 80.9 cm³/mol. The molecule has 0 fully saturated rings. The summed E-state index contributed by atoms with van der Waals surface area (Å²) in [6, 6.07) is 13.3. The van der Waals surface area contributed by atoms with Crippen LogP contribution in [0.1, 0.15) is 28.3 Å². The summed E-state index contributed by atoms with van der Waals surface area (Å²) >= 11 is 0. The Bertz CT molecular complexity index is 537. The van der Waals surface area contributed by atoms with Gasteiger partial charge >= 0.3 is 0 Å². The van der Waals surface area contributed by atoms with Gasteiger partial charge < -0.3 is 4.90 Å². The Morgan fingerprint density at radius 2 is 1.90 bits per heavy atom. The minimum atomic E-state index is -0.131. The number of Topliss-reactive ketones (excluding diaryl/α,β-unsaturated/α-hetero) is 1. The van der Waals surface area contributed by atoms with E-state index in [1.807, 2.05) is 56.6 Å². The van der Waals surface area contributed by atoms with Crippen molar-refractivity contribution in [3.05, 3.63) is 66.0 Å². The third kappa shape index (κ3) is 3.75. The molecule has 0 radical (unpaired) electrons. The molecule has 104 valence electrons. The Morgan fingerprint density at radius 1 is 1.15 bits per heavy atom. The number of pyridine rings is 1. The minimum Gasteiger partial charge on any atom is -0.309 e. The van der Waals surface area contributed by atoms with Gasteiger partial charge in [-0.1, -0.05) is 36.4 Å². The largest absolute Gasteiger partial charge is 0.309 e. The molecule has 1 aromatic heterocycles. The van der Waals surface area contributed by atoms with Crippen LogP contribution in [0, 0.1) is 0 Å². The lowest BCUT2D eigenvalue weighted by Crippen LogP contribution is -2.21. The third-order valence-electron chi connectivity index (χ3n) is 3.33. The highest BCUT2D eigenvalue weighted by atomic mass is 16.1. The van der Waals surface area contributed by atoms with E-state index in [-0.39, 0.29) is 11.7 Å². The summed E-state index contributed by atoms with van der Waals surface area (Å²) in [6.07, 6.45) is 4.33. The van der Waals surface area contributed by atoms with E-state index < -0.39 is 0 Å². The Balaban J connectivity index is 2.25. The molecule has 2 aromatic rings. The number of rotatable bonds is 6. The van der Waals surface area contributed by atoms with Crippen molar-refractivity contribution in [2.75, 3.05) is 20.6 Å². The Kier molecular flexibility index (Phi) is 5.02. The molecule has 1 aromatic carbocycles. The fourth-order valence-corrected chi connectivity index (χ4v) is 2.22. The van der Waals surface area contributed by atoms with E-state index in [4.69, 9.17) is 0 Å². The van der Waals surface area contributed by atoms with E-state index in [1.54, 1.807) is 12.4 Å². The molecule has 0 bridgehead atoms. The van der Waals surface area contributed by atoms with Crippen molar-refractivity contribution < 1.29 is 4.79 Å². The molecule has 0 aliphatic heterocycles. The average molecular weight is 268 g/mol. The second-order valence-corrected chi connectivity index (χ2v) is 5.16. The van der Waals surface area contributed by atoms with E-state index in [1.165, 1.54) is 0 Å². The van der Waals surface area contributed by atoms with Crippen molar-refractivity contribution in [3.8, 4) is 0 Å². The molecule has 0 saturated heterocycles. The van der Waals surface area contributed by atoms with Gasteiger partial charge in [0, 0.05) is 18.0 Å². The van der Waals surface area contributed by atoms with Gasteiger partial charge in [0.2, 0.25) is 0 Å². The molecule has 0 unspecified atom stereocenters. The molecule has 0 N–H and O–H groups in total.